The molecule has 1 N–H and O–H groups in total. The van der Waals surface area contributed by atoms with Gasteiger partial charge < -0.3 is 14.8 Å². The summed E-state index contributed by atoms with van der Waals surface area (Å²) in [7, 11) is 0. The number of thiophene rings is 1. The summed E-state index contributed by atoms with van der Waals surface area (Å²) in [5.41, 5.74) is 0.953. The van der Waals surface area contributed by atoms with E-state index in [0.29, 0.717) is 28.3 Å². The van der Waals surface area contributed by atoms with Crippen molar-refractivity contribution < 1.29 is 23.9 Å². The highest BCUT2D eigenvalue weighted by Crippen LogP contribution is 2.64. The molecule has 1 heterocycles. The summed E-state index contributed by atoms with van der Waals surface area (Å²) >= 11 is 5.24. The van der Waals surface area contributed by atoms with Gasteiger partial charge in [-0.3, -0.25) is 9.59 Å². The van der Waals surface area contributed by atoms with Gasteiger partial charge in [0.1, 0.15) is 5.00 Å². The largest absolute Gasteiger partial charge is 0.462 e. The van der Waals surface area contributed by atoms with Gasteiger partial charge in [0.2, 0.25) is 0 Å². The van der Waals surface area contributed by atoms with E-state index in [1.54, 1.807) is 6.92 Å². The Morgan fingerprint density at radius 2 is 1.87 bits per heavy atom. The van der Waals surface area contributed by atoms with Gasteiger partial charge in [-0.15, -0.1) is 11.3 Å². The molecule has 6 nitrogen and oxygen atoms in total. The molecule has 1 aromatic heterocycles. The molecule has 5 fully saturated rings. The first-order chi connectivity index (χ1) is 14.8. The summed E-state index contributed by atoms with van der Waals surface area (Å²) in [5.74, 6) is 0.445. The van der Waals surface area contributed by atoms with Crippen LogP contribution >= 0.6 is 27.3 Å². The number of carbonyl (C=O) groups excluding carboxylic acids is 3. The molecule has 0 saturated heterocycles. The number of halogens is 1. The first-order valence-electron chi connectivity index (χ1n) is 11.3. The molecule has 6 rings (SSSR count). The molecule has 0 aromatic carbocycles. The van der Waals surface area contributed by atoms with Crippen molar-refractivity contribution >= 4 is 50.1 Å². The minimum Gasteiger partial charge on any atom is -0.462 e. The Kier molecular flexibility index (Phi) is 5.44. The van der Waals surface area contributed by atoms with E-state index in [4.69, 9.17) is 9.47 Å². The lowest BCUT2D eigenvalue weighted by Crippen LogP contribution is -2.56. The van der Waals surface area contributed by atoms with E-state index in [0.717, 1.165) is 50.5 Å². The fourth-order valence-electron chi connectivity index (χ4n) is 6.41. The Balaban J connectivity index is 1.23. The van der Waals surface area contributed by atoms with E-state index in [-0.39, 0.29) is 23.5 Å². The molecule has 5 saturated carbocycles. The molecule has 1 amide bonds. The number of hydrogen-bond acceptors (Lipinski definition) is 6. The third kappa shape index (κ3) is 4.06. The van der Waals surface area contributed by atoms with Crippen molar-refractivity contribution in [3.63, 3.8) is 0 Å². The number of anilines is 1. The van der Waals surface area contributed by atoms with Crippen molar-refractivity contribution in [2.45, 2.75) is 68.5 Å². The lowest BCUT2D eigenvalue weighted by atomic mass is 9.49. The van der Waals surface area contributed by atoms with Gasteiger partial charge in [-0.05, 0) is 87.0 Å². The summed E-state index contributed by atoms with van der Waals surface area (Å²) < 4.78 is 10.8. The molecule has 4 atom stereocenters. The summed E-state index contributed by atoms with van der Waals surface area (Å²) in [6, 6.07) is 0. The lowest BCUT2D eigenvalue weighted by molar-refractivity contribution is -0.170. The summed E-state index contributed by atoms with van der Waals surface area (Å²) in [6.45, 7) is 1.72. The van der Waals surface area contributed by atoms with Crippen molar-refractivity contribution in [1.29, 1.82) is 0 Å². The Morgan fingerprint density at radius 1 is 1.16 bits per heavy atom. The zero-order chi connectivity index (χ0) is 21.8. The molecule has 0 aliphatic heterocycles. The molecule has 168 valence electrons. The first-order valence-corrected chi connectivity index (χ1v) is 12.9. The van der Waals surface area contributed by atoms with Gasteiger partial charge in [0, 0.05) is 4.32 Å². The summed E-state index contributed by atoms with van der Waals surface area (Å²) in [5, 5.41) is 5.19. The predicted molar refractivity (Wildman–Crippen MR) is 121 cm³/mol. The molecular weight excluding hydrogens is 482 g/mol. The smallest absolute Gasteiger partial charge is 0.341 e. The number of nitrogens with one attached hydrogen (secondary N) is 1. The van der Waals surface area contributed by atoms with E-state index in [9.17, 15) is 14.4 Å². The maximum atomic E-state index is 13.1. The van der Waals surface area contributed by atoms with Crippen molar-refractivity contribution in [3.8, 4) is 0 Å². The van der Waals surface area contributed by atoms with Crippen LogP contribution < -0.4 is 5.32 Å². The second kappa shape index (κ2) is 7.87. The van der Waals surface area contributed by atoms with Crippen LogP contribution in [0.3, 0.4) is 0 Å². The fraction of sp³-hybridized carbons (Fsp3) is 0.696. The average molecular weight is 510 g/mol. The Bertz CT molecular complexity index is 909. The number of rotatable bonds is 7. The van der Waals surface area contributed by atoms with Crippen LogP contribution in [0, 0.1) is 17.3 Å². The van der Waals surface area contributed by atoms with Gasteiger partial charge in [0.15, 0.2) is 6.61 Å². The standard InChI is InChI=1S/C23H28BrNO5S/c1-2-29-20(27)18-16(15-3-4-15)11-31-19(18)25-17(26)10-30-21(28)22-6-13-5-14(7-22)9-23(24,8-13)12-22/h11,13-15H,2-10,12H2,1H3,(H,25,26)/t13-,14+,22?,23?. The topological polar surface area (TPSA) is 81.7 Å². The summed E-state index contributed by atoms with van der Waals surface area (Å²) in [4.78, 5) is 38.1. The van der Waals surface area contributed by atoms with E-state index >= 15 is 0 Å². The van der Waals surface area contributed by atoms with E-state index in [1.165, 1.54) is 17.8 Å². The summed E-state index contributed by atoms with van der Waals surface area (Å²) in [6.07, 6.45) is 8.13. The van der Waals surface area contributed by atoms with Crippen LogP contribution in [0.5, 0.6) is 0 Å². The maximum Gasteiger partial charge on any atom is 0.341 e. The van der Waals surface area contributed by atoms with Gasteiger partial charge in [0.25, 0.3) is 5.91 Å². The van der Waals surface area contributed by atoms with Crippen molar-refractivity contribution in [3.05, 3.63) is 16.5 Å². The van der Waals surface area contributed by atoms with Crippen molar-refractivity contribution in [2.24, 2.45) is 17.3 Å². The molecule has 5 aliphatic rings. The van der Waals surface area contributed by atoms with Gasteiger partial charge in [0.05, 0.1) is 17.6 Å². The van der Waals surface area contributed by atoms with Gasteiger partial charge in [-0.25, -0.2) is 4.79 Å². The number of alkyl halides is 1. The molecule has 4 bridgehead atoms. The number of ether oxygens (including phenoxy) is 2. The zero-order valence-corrected chi connectivity index (χ0v) is 20.1. The molecule has 0 radical (unpaired) electrons. The predicted octanol–water partition coefficient (Wildman–Crippen LogP) is 5.02. The van der Waals surface area contributed by atoms with Gasteiger partial charge in [-0.1, -0.05) is 15.9 Å². The van der Waals surface area contributed by atoms with Crippen LogP contribution in [-0.2, 0) is 19.1 Å². The number of amides is 1. The zero-order valence-electron chi connectivity index (χ0n) is 17.7. The minimum absolute atomic E-state index is 0.0586. The Hall–Kier alpha value is -1.41. The highest BCUT2D eigenvalue weighted by atomic mass is 79.9. The van der Waals surface area contributed by atoms with Gasteiger partial charge >= 0.3 is 11.9 Å². The maximum absolute atomic E-state index is 13.1. The van der Waals surface area contributed by atoms with E-state index < -0.39 is 17.3 Å². The van der Waals surface area contributed by atoms with Crippen molar-refractivity contribution in [1.82, 2.24) is 0 Å². The highest BCUT2D eigenvalue weighted by molar-refractivity contribution is 9.10. The molecule has 1 aromatic rings. The quantitative estimate of drug-likeness (QED) is 0.412. The molecular formula is C23H28BrNO5S. The van der Waals surface area contributed by atoms with Crippen LogP contribution in [0.2, 0.25) is 0 Å². The fourth-order valence-corrected chi connectivity index (χ4v) is 8.91. The van der Waals surface area contributed by atoms with Crippen molar-refractivity contribution in [2.75, 3.05) is 18.5 Å². The SMILES string of the molecule is CCOC(=O)c1c(C2CC2)csc1NC(=O)COC(=O)C12C[C@@H]3C[C@@H](CC(Br)(C3)C1)C2. The highest BCUT2D eigenvalue weighted by Gasteiger charge is 2.60. The van der Waals surface area contributed by atoms with Crippen LogP contribution in [0.1, 0.15) is 80.1 Å². The molecule has 31 heavy (non-hydrogen) atoms. The van der Waals surface area contributed by atoms with Gasteiger partial charge in [-0.2, -0.15) is 0 Å². The number of carbonyl (C=O) groups is 3. The second-order valence-corrected chi connectivity index (χ2v) is 12.5. The monoisotopic (exact) mass is 509 g/mol. The number of esters is 2. The van der Waals surface area contributed by atoms with Crippen LogP contribution in [0.15, 0.2) is 5.38 Å². The third-order valence-electron chi connectivity index (χ3n) is 7.33. The average Bonchev–Trinajstić information content (AvgIpc) is 3.45. The van der Waals surface area contributed by atoms with E-state index in [1.807, 2.05) is 5.38 Å². The molecule has 5 aliphatic carbocycles. The lowest BCUT2D eigenvalue weighted by Gasteiger charge is -2.58. The Morgan fingerprint density at radius 3 is 2.48 bits per heavy atom. The molecule has 0 spiro atoms. The second-order valence-electron chi connectivity index (χ2n) is 9.91. The van der Waals surface area contributed by atoms with Crippen LogP contribution in [0.25, 0.3) is 0 Å². The third-order valence-corrected chi connectivity index (χ3v) is 9.17. The van der Waals surface area contributed by atoms with Crippen LogP contribution in [0.4, 0.5) is 5.00 Å². The molecule has 8 heteroatoms. The first kappa shape index (κ1) is 21.4. The van der Waals surface area contributed by atoms with E-state index in [2.05, 4.69) is 21.2 Å². The van der Waals surface area contributed by atoms with Crippen LogP contribution in [-0.4, -0.2) is 35.4 Å². The Labute approximate surface area is 194 Å². The number of hydrogen-bond donors (Lipinski definition) is 1. The molecule has 2 unspecified atom stereocenters. The minimum atomic E-state index is -0.452. The normalized spacial score (nSPS) is 33.2.